The summed E-state index contributed by atoms with van der Waals surface area (Å²) in [6.07, 6.45) is 1.09. The van der Waals surface area contributed by atoms with Gasteiger partial charge in [0, 0.05) is 17.2 Å². The number of nitrogens with one attached hydrogen (secondary N) is 1. The van der Waals surface area contributed by atoms with Crippen LogP contribution in [0.5, 0.6) is 0 Å². The maximum absolute atomic E-state index is 14.0. The molecule has 4 aromatic rings. The topological polar surface area (TPSA) is 72.2 Å². The average Bonchev–Trinajstić information content (AvgIpc) is 3.14. The fraction of sp³-hybridized carbons (Fsp3) is 0.143. The van der Waals surface area contributed by atoms with E-state index in [4.69, 9.17) is 0 Å². The first-order valence-electron chi connectivity index (χ1n) is 9.11. The van der Waals surface area contributed by atoms with Crippen molar-refractivity contribution < 1.29 is 18.0 Å². The van der Waals surface area contributed by atoms with Crippen molar-refractivity contribution >= 4 is 11.6 Å². The quantitative estimate of drug-likeness (QED) is 0.544. The maximum atomic E-state index is 14.0. The molecule has 9 heteroatoms. The second-order valence-corrected chi connectivity index (χ2v) is 6.73. The molecule has 2 aromatic carbocycles. The Morgan fingerprint density at radius 2 is 1.90 bits per heavy atom. The van der Waals surface area contributed by atoms with Crippen LogP contribution in [0.15, 0.2) is 54.9 Å². The van der Waals surface area contributed by atoms with Gasteiger partial charge in [-0.3, -0.25) is 4.79 Å². The van der Waals surface area contributed by atoms with Gasteiger partial charge in [-0.1, -0.05) is 12.1 Å². The van der Waals surface area contributed by atoms with Gasteiger partial charge in [0.25, 0.3) is 0 Å². The van der Waals surface area contributed by atoms with Gasteiger partial charge in [0.1, 0.15) is 23.8 Å². The summed E-state index contributed by atoms with van der Waals surface area (Å²) in [5, 5.41) is 6.92. The lowest BCUT2D eigenvalue weighted by Gasteiger charge is -2.10. The van der Waals surface area contributed by atoms with Crippen LogP contribution in [0.25, 0.3) is 16.9 Å². The van der Waals surface area contributed by atoms with Gasteiger partial charge in [-0.2, -0.15) is 0 Å². The molecule has 152 valence electrons. The first kappa shape index (κ1) is 19.6. The fourth-order valence-electron chi connectivity index (χ4n) is 3.02. The largest absolute Gasteiger partial charge is 0.346 e. The summed E-state index contributed by atoms with van der Waals surface area (Å²) in [5.74, 6) is -1.88. The summed E-state index contributed by atoms with van der Waals surface area (Å²) in [6.45, 7) is 1.67. The van der Waals surface area contributed by atoms with Gasteiger partial charge in [0.2, 0.25) is 5.91 Å². The Balaban J connectivity index is 1.52. The number of halogens is 3. The molecule has 0 aliphatic heterocycles. The summed E-state index contributed by atoms with van der Waals surface area (Å²) in [4.78, 5) is 20.8. The van der Waals surface area contributed by atoms with Crippen LogP contribution in [-0.4, -0.2) is 25.5 Å². The van der Waals surface area contributed by atoms with E-state index in [1.165, 1.54) is 16.9 Å². The third kappa shape index (κ3) is 4.00. The van der Waals surface area contributed by atoms with Gasteiger partial charge in [-0.15, -0.1) is 5.10 Å². The second kappa shape index (κ2) is 7.94. The Morgan fingerprint density at radius 3 is 2.70 bits per heavy atom. The molecule has 30 heavy (non-hydrogen) atoms. The average molecular weight is 411 g/mol. The zero-order chi connectivity index (χ0) is 21.3. The molecule has 4 rings (SSSR count). The Labute approximate surface area is 169 Å². The Morgan fingerprint density at radius 1 is 1.10 bits per heavy atom. The monoisotopic (exact) mass is 411 g/mol. The number of rotatable bonds is 5. The van der Waals surface area contributed by atoms with E-state index in [-0.39, 0.29) is 12.0 Å². The number of benzene rings is 2. The predicted molar refractivity (Wildman–Crippen MR) is 103 cm³/mol. The third-order valence-electron chi connectivity index (χ3n) is 4.52. The van der Waals surface area contributed by atoms with E-state index in [1.807, 2.05) is 0 Å². The highest BCUT2D eigenvalue weighted by Gasteiger charge is 2.17. The van der Waals surface area contributed by atoms with Gasteiger partial charge in [0.05, 0.1) is 18.2 Å². The van der Waals surface area contributed by atoms with Crippen LogP contribution < -0.4 is 5.32 Å². The normalized spacial score (nSPS) is 12.1. The Bertz CT molecular complexity index is 1240. The number of nitrogens with zero attached hydrogens (tertiary/aromatic N) is 4. The first-order chi connectivity index (χ1) is 14.4. The zero-order valence-corrected chi connectivity index (χ0v) is 15.8. The SMILES string of the molecule is C[C@H](NC(=O)Cc1cc(F)ccc1F)c1nc2cc(-c3ccccc3F)ncn2n1. The van der Waals surface area contributed by atoms with Crippen molar-refractivity contribution in [1.82, 2.24) is 24.9 Å². The van der Waals surface area contributed by atoms with E-state index >= 15 is 0 Å². The highest BCUT2D eigenvalue weighted by Crippen LogP contribution is 2.21. The lowest BCUT2D eigenvalue weighted by molar-refractivity contribution is -0.121. The molecule has 0 saturated carbocycles. The molecule has 0 saturated heterocycles. The van der Waals surface area contributed by atoms with Gasteiger partial charge in [-0.05, 0) is 37.3 Å². The molecular weight excluding hydrogens is 395 g/mol. The number of hydrogen-bond acceptors (Lipinski definition) is 4. The maximum Gasteiger partial charge on any atom is 0.225 e. The van der Waals surface area contributed by atoms with Crippen molar-refractivity contribution in [2.45, 2.75) is 19.4 Å². The summed E-state index contributed by atoms with van der Waals surface area (Å²) >= 11 is 0. The van der Waals surface area contributed by atoms with Crippen LogP contribution in [0.4, 0.5) is 13.2 Å². The molecule has 0 radical (unpaired) electrons. The predicted octanol–water partition coefficient (Wildman–Crippen LogP) is 3.63. The van der Waals surface area contributed by atoms with Crippen molar-refractivity contribution in [3.8, 4) is 11.3 Å². The molecule has 0 unspecified atom stereocenters. The van der Waals surface area contributed by atoms with E-state index in [2.05, 4.69) is 20.4 Å². The molecule has 1 atom stereocenters. The first-order valence-corrected chi connectivity index (χ1v) is 9.11. The summed E-state index contributed by atoms with van der Waals surface area (Å²) in [7, 11) is 0. The fourth-order valence-corrected chi connectivity index (χ4v) is 3.02. The van der Waals surface area contributed by atoms with E-state index in [1.54, 1.807) is 31.2 Å². The van der Waals surface area contributed by atoms with E-state index in [0.29, 0.717) is 22.7 Å². The number of fused-ring (bicyclic) bond motifs is 1. The van der Waals surface area contributed by atoms with Crippen LogP contribution in [0, 0.1) is 17.5 Å². The molecule has 0 fully saturated rings. The summed E-state index contributed by atoms with van der Waals surface area (Å²) in [5.41, 5.74) is 1.12. The molecule has 6 nitrogen and oxygen atoms in total. The highest BCUT2D eigenvalue weighted by molar-refractivity contribution is 5.79. The van der Waals surface area contributed by atoms with E-state index in [9.17, 15) is 18.0 Å². The summed E-state index contributed by atoms with van der Waals surface area (Å²) in [6, 6.07) is 10.2. The van der Waals surface area contributed by atoms with Crippen LogP contribution in [0.3, 0.4) is 0 Å². The Hall–Kier alpha value is -3.75. The number of aromatic nitrogens is 4. The number of amides is 1. The summed E-state index contributed by atoms with van der Waals surface area (Å²) < 4.78 is 42.4. The molecule has 1 amide bonds. The van der Waals surface area contributed by atoms with Crippen molar-refractivity contribution in [3.63, 3.8) is 0 Å². The van der Waals surface area contributed by atoms with Crippen LogP contribution >= 0.6 is 0 Å². The molecular formula is C21H16F3N5O. The van der Waals surface area contributed by atoms with Gasteiger partial charge in [-0.25, -0.2) is 27.7 Å². The smallest absolute Gasteiger partial charge is 0.225 e. The van der Waals surface area contributed by atoms with Crippen LogP contribution in [0.1, 0.15) is 24.4 Å². The third-order valence-corrected chi connectivity index (χ3v) is 4.52. The second-order valence-electron chi connectivity index (χ2n) is 6.73. The number of hydrogen-bond donors (Lipinski definition) is 1. The lowest BCUT2D eigenvalue weighted by Crippen LogP contribution is -2.29. The molecule has 0 aliphatic rings. The minimum Gasteiger partial charge on any atom is -0.346 e. The standard InChI is InChI=1S/C21H16F3N5O/c1-12(26-20(30)9-13-8-14(22)6-7-16(13)23)21-27-19-10-18(25-11-29(19)28-21)15-4-2-3-5-17(15)24/h2-8,10-12H,9H2,1H3,(H,26,30)/t12-/m0/s1. The van der Waals surface area contributed by atoms with Gasteiger partial charge in [0.15, 0.2) is 11.5 Å². The zero-order valence-electron chi connectivity index (χ0n) is 15.8. The molecule has 2 heterocycles. The minimum absolute atomic E-state index is 0.0404. The van der Waals surface area contributed by atoms with Crippen LogP contribution in [0.2, 0.25) is 0 Å². The van der Waals surface area contributed by atoms with Crippen molar-refractivity contribution in [3.05, 3.63) is 83.7 Å². The van der Waals surface area contributed by atoms with Crippen molar-refractivity contribution in [2.24, 2.45) is 0 Å². The minimum atomic E-state index is -0.656. The highest BCUT2D eigenvalue weighted by atomic mass is 19.1. The van der Waals surface area contributed by atoms with Crippen LogP contribution in [-0.2, 0) is 11.2 Å². The van der Waals surface area contributed by atoms with E-state index < -0.39 is 29.4 Å². The number of carbonyl (C=O) groups is 1. The number of carbonyl (C=O) groups excluding carboxylic acids is 1. The van der Waals surface area contributed by atoms with Gasteiger partial charge >= 0.3 is 0 Å². The van der Waals surface area contributed by atoms with Gasteiger partial charge < -0.3 is 5.32 Å². The van der Waals surface area contributed by atoms with E-state index in [0.717, 1.165) is 18.2 Å². The Kier molecular flexibility index (Phi) is 5.18. The molecule has 1 N–H and O–H groups in total. The molecule has 0 spiro atoms. The molecule has 2 aromatic heterocycles. The molecule has 0 bridgehead atoms. The lowest BCUT2D eigenvalue weighted by atomic mass is 10.1. The van der Waals surface area contributed by atoms with Crippen molar-refractivity contribution in [2.75, 3.05) is 0 Å². The van der Waals surface area contributed by atoms with Crippen molar-refractivity contribution in [1.29, 1.82) is 0 Å². The molecule has 0 aliphatic carbocycles.